The molecule has 4 heteroatoms. The second-order valence-electron chi connectivity index (χ2n) is 4.78. The third kappa shape index (κ3) is 2.90. The van der Waals surface area contributed by atoms with Crippen LogP contribution in [-0.4, -0.2) is 5.91 Å². The summed E-state index contributed by atoms with van der Waals surface area (Å²) in [5, 5.41) is 2.83. The molecule has 0 saturated heterocycles. The predicted octanol–water partition coefficient (Wildman–Crippen LogP) is 4.77. The molecule has 0 unspecified atom stereocenters. The maximum absolute atomic E-state index is 13.4. The van der Waals surface area contributed by atoms with E-state index in [4.69, 9.17) is 0 Å². The van der Waals surface area contributed by atoms with Gasteiger partial charge in [0.05, 0.1) is 4.47 Å². The fraction of sp³-hybridized carbons (Fsp3) is 0.188. The van der Waals surface area contributed by atoms with Gasteiger partial charge in [-0.25, -0.2) is 4.39 Å². The zero-order chi connectivity index (χ0) is 14.9. The summed E-state index contributed by atoms with van der Waals surface area (Å²) in [6.07, 6.45) is 0. The molecule has 104 valence electrons. The second kappa shape index (κ2) is 5.75. The van der Waals surface area contributed by atoms with Crippen LogP contribution in [0.15, 0.2) is 34.8 Å². The molecule has 0 aromatic heterocycles. The third-order valence-electron chi connectivity index (χ3n) is 3.36. The van der Waals surface area contributed by atoms with Gasteiger partial charge in [0.15, 0.2) is 0 Å². The smallest absolute Gasteiger partial charge is 0.255 e. The monoisotopic (exact) mass is 335 g/mol. The highest BCUT2D eigenvalue weighted by molar-refractivity contribution is 9.10. The number of benzene rings is 2. The zero-order valence-electron chi connectivity index (χ0n) is 11.6. The molecule has 20 heavy (non-hydrogen) atoms. The van der Waals surface area contributed by atoms with Gasteiger partial charge in [-0.05, 0) is 71.6 Å². The van der Waals surface area contributed by atoms with Gasteiger partial charge in [0.2, 0.25) is 0 Å². The Labute approximate surface area is 126 Å². The van der Waals surface area contributed by atoms with Crippen LogP contribution < -0.4 is 5.32 Å². The van der Waals surface area contributed by atoms with Crippen molar-refractivity contribution >= 4 is 27.5 Å². The van der Waals surface area contributed by atoms with Gasteiger partial charge in [-0.2, -0.15) is 0 Å². The lowest BCUT2D eigenvalue weighted by Crippen LogP contribution is -2.14. The van der Waals surface area contributed by atoms with Crippen LogP contribution in [0.4, 0.5) is 10.1 Å². The highest BCUT2D eigenvalue weighted by Crippen LogP contribution is 2.25. The molecule has 2 rings (SSSR count). The van der Waals surface area contributed by atoms with E-state index < -0.39 is 0 Å². The van der Waals surface area contributed by atoms with Crippen molar-refractivity contribution in [1.29, 1.82) is 0 Å². The first-order valence-electron chi connectivity index (χ1n) is 6.23. The van der Waals surface area contributed by atoms with Crippen molar-refractivity contribution in [3.05, 3.63) is 62.9 Å². The molecule has 2 nitrogen and oxygen atoms in total. The highest BCUT2D eigenvalue weighted by atomic mass is 79.9. The van der Waals surface area contributed by atoms with E-state index in [0.717, 1.165) is 11.1 Å². The summed E-state index contributed by atoms with van der Waals surface area (Å²) in [5.74, 6) is -0.528. The molecule has 0 saturated carbocycles. The first kappa shape index (κ1) is 14.7. The van der Waals surface area contributed by atoms with Gasteiger partial charge in [-0.3, -0.25) is 4.79 Å². The van der Waals surface area contributed by atoms with Crippen LogP contribution in [0.1, 0.15) is 27.0 Å². The standard InChI is InChI=1S/C16H15BrFNO/c1-9-5-4-6-12(11(9)3)16(20)19-15-8-13(17)14(18)7-10(15)2/h4-8H,1-3H3,(H,19,20). The minimum atomic E-state index is -0.341. The van der Waals surface area contributed by atoms with Crippen molar-refractivity contribution in [3.8, 4) is 0 Å². The van der Waals surface area contributed by atoms with Crippen molar-refractivity contribution in [2.24, 2.45) is 0 Å². The van der Waals surface area contributed by atoms with Crippen molar-refractivity contribution in [2.75, 3.05) is 5.32 Å². The number of amides is 1. The Morgan fingerprint density at radius 1 is 1.15 bits per heavy atom. The predicted molar refractivity (Wildman–Crippen MR) is 82.7 cm³/mol. The number of aryl methyl sites for hydroxylation is 2. The Morgan fingerprint density at radius 2 is 1.85 bits per heavy atom. The van der Waals surface area contributed by atoms with Crippen LogP contribution in [-0.2, 0) is 0 Å². The largest absolute Gasteiger partial charge is 0.322 e. The van der Waals surface area contributed by atoms with Gasteiger partial charge in [0, 0.05) is 11.3 Å². The van der Waals surface area contributed by atoms with Crippen LogP contribution in [0, 0.1) is 26.6 Å². The number of hydrogen-bond donors (Lipinski definition) is 1. The van der Waals surface area contributed by atoms with Crippen LogP contribution in [0.25, 0.3) is 0 Å². The quantitative estimate of drug-likeness (QED) is 0.841. The van der Waals surface area contributed by atoms with Crippen LogP contribution in [0.2, 0.25) is 0 Å². The van der Waals surface area contributed by atoms with Crippen LogP contribution >= 0.6 is 15.9 Å². The van der Waals surface area contributed by atoms with Gasteiger partial charge in [0.1, 0.15) is 5.82 Å². The van der Waals surface area contributed by atoms with E-state index in [1.54, 1.807) is 19.1 Å². The van der Waals surface area contributed by atoms with E-state index in [9.17, 15) is 9.18 Å². The van der Waals surface area contributed by atoms with Crippen molar-refractivity contribution < 1.29 is 9.18 Å². The van der Waals surface area contributed by atoms with E-state index in [1.165, 1.54) is 6.07 Å². The molecule has 0 aliphatic carbocycles. The van der Waals surface area contributed by atoms with Gasteiger partial charge < -0.3 is 5.32 Å². The Balaban J connectivity index is 2.33. The fourth-order valence-electron chi connectivity index (χ4n) is 1.97. The van der Waals surface area contributed by atoms with E-state index in [-0.39, 0.29) is 11.7 Å². The lowest BCUT2D eigenvalue weighted by molar-refractivity contribution is 0.102. The molecule has 1 amide bonds. The van der Waals surface area contributed by atoms with Gasteiger partial charge in [-0.1, -0.05) is 12.1 Å². The molecule has 0 heterocycles. The van der Waals surface area contributed by atoms with E-state index >= 15 is 0 Å². The van der Waals surface area contributed by atoms with Crippen LogP contribution in [0.3, 0.4) is 0 Å². The fourth-order valence-corrected chi connectivity index (χ4v) is 2.31. The molecular weight excluding hydrogens is 321 g/mol. The topological polar surface area (TPSA) is 29.1 Å². The molecule has 0 aliphatic rings. The SMILES string of the molecule is Cc1cc(F)c(Br)cc1NC(=O)c1cccc(C)c1C. The average molecular weight is 336 g/mol. The maximum Gasteiger partial charge on any atom is 0.255 e. The molecule has 2 aromatic carbocycles. The van der Waals surface area contributed by atoms with E-state index in [2.05, 4.69) is 21.2 Å². The average Bonchev–Trinajstić information content (AvgIpc) is 2.39. The minimum absolute atomic E-state index is 0.187. The van der Waals surface area contributed by atoms with Gasteiger partial charge >= 0.3 is 0 Å². The van der Waals surface area contributed by atoms with E-state index in [1.807, 2.05) is 26.0 Å². The Morgan fingerprint density at radius 3 is 2.55 bits per heavy atom. The molecule has 2 aromatic rings. The number of carbonyl (C=O) groups excluding carboxylic acids is 1. The summed E-state index contributed by atoms with van der Waals surface area (Å²) < 4.78 is 13.7. The Kier molecular flexibility index (Phi) is 4.23. The summed E-state index contributed by atoms with van der Waals surface area (Å²) in [6.45, 7) is 5.64. The van der Waals surface area contributed by atoms with Crippen molar-refractivity contribution in [3.63, 3.8) is 0 Å². The molecule has 0 radical (unpaired) electrons. The van der Waals surface area contributed by atoms with Gasteiger partial charge in [0.25, 0.3) is 5.91 Å². The molecule has 0 aliphatic heterocycles. The first-order chi connectivity index (χ1) is 9.40. The number of rotatable bonds is 2. The molecule has 0 atom stereocenters. The summed E-state index contributed by atoms with van der Waals surface area (Å²) >= 11 is 3.13. The molecule has 0 bridgehead atoms. The number of hydrogen-bond acceptors (Lipinski definition) is 1. The second-order valence-corrected chi connectivity index (χ2v) is 5.64. The van der Waals surface area contributed by atoms with Crippen LogP contribution in [0.5, 0.6) is 0 Å². The van der Waals surface area contributed by atoms with Crippen molar-refractivity contribution in [1.82, 2.24) is 0 Å². The highest BCUT2D eigenvalue weighted by Gasteiger charge is 2.13. The first-order valence-corrected chi connectivity index (χ1v) is 7.02. The summed E-state index contributed by atoms with van der Waals surface area (Å²) in [5.41, 5.74) is 3.93. The van der Waals surface area contributed by atoms with Gasteiger partial charge in [-0.15, -0.1) is 0 Å². The normalized spacial score (nSPS) is 10.4. The number of anilines is 1. The number of carbonyl (C=O) groups is 1. The Bertz CT molecular complexity index is 682. The maximum atomic E-state index is 13.4. The number of halogens is 2. The zero-order valence-corrected chi connectivity index (χ0v) is 13.1. The lowest BCUT2D eigenvalue weighted by atomic mass is 10.0. The molecular formula is C16H15BrFNO. The molecule has 1 N–H and O–H groups in total. The molecule has 0 spiro atoms. The van der Waals surface area contributed by atoms with Crippen molar-refractivity contribution in [2.45, 2.75) is 20.8 Å². The Hall–Kier alpha value is -1.68. The summed E-state index contributed by atoms with van der Waals surface area (Å²) in [4.78, 5) is 12.3. The summed E-state index contributed by atoms with van der Waals surface area (Å²) in [6, 6.07) is 8.57. The lowest BCUT2D eigenvalue weighted by Gasteiger charge is -2.12. The number of nitrogens with one attached hydrogen (secondary N) is 1. The minimum Gasteiger partial charge on any atom is -0.322 e. The van der Waals surface area contributed by atoms with E-state index in [0.29, 0.717) is 21.3 Å². The molecule has 0 fully saturated rings. The third-order valence-corrected chi connectivity index (χ3v) is 3.97. The summed E-state index contributed by atoms with van der Waals surface area (Å²) in [7, 11) is 0.